The first kappa shape index (κ1) is 15.3. The van der Waals surface area contributed by atoms with Gasteiger partial charge in [0.25, 0.3) is 0 Å². The lowest BCUT2D eigenvalue weighted by Crippen LogP contribution is -2.64. The van der Waals surface area contributed by atoms with E-state index in [-0.39, 0.29) is 6.42 Å². The van der Waals surface area contributed by atoms with Crippen molar-refractivity contribution in [1.82, 2.24) is 0 Å². The molecular formula is C10H19NO7. The van der Waals surface area contributed by atoms with Crippen LogP contribution in [0.4, 0.5) is 0 Å². The second-order valence-electron chi connectivity index (χ2n) is 4.71. The van der Waals surface area contributed by atoms with Crippen molar-refractivity contribution >= 4 is 5.97 Å². The summed E-state index contributed by atoms with van der Waals surface area (Å²) in [6.07, 6.45) is -5.80. The predicted octanol–water partition coefficient (Wildman–Crippen LogP) is -2.98. The molecule has 106 valence electrons. The minimum atomic E-state index is -1.70. The molecule has 7 N–H and O–H groups in total. The Morgan fingerprint density at radius 3 is 2.56 bits per heavy atom. The van der Waals surface area contributed by atoms with Gasteiger partial charge < -0.3 is 36.0 Å². The molecule has 1 fully saturated rings. The molecule has 1 rings (SSSR count). The summed E-state index contributed by atoms with van der Waals surface area (Å²) in [5, 5.41) is 46.5. The van der Waals surface area contributed by atoms with E-state index >= 15 is 0 Å². The molecule has 0 radical (unpaired) electrons. The van der Waals surface area contributed by atoms with Gasteiger partial charge in [0.05, 0.1) is 18.8 Å². The average Bonchev–Trinajstić information content (AvgIpc) is 2.31. The number of aliphatic hydroxyl groups excluding tert-OH is 4. The van der Waals surface area contributed by atoms with Crippen LogP contribution >= 0.6 is 0 Å². The highest BCUT2D eigenvalue weighted by Crippen LogP contribution is 2.30. The molecule has 0 aliphatic carbocycles. The van der Waals surface area contributed by atoms with E-state index in [0.29, 0.717) is 0 Å². The lowest BCUT2D eigenvalue weighted by Gasteiger charge is -2.44. The third-order valence-corrected chi connectivity index (χ3v) is 3.19. The van der Waals surface area contributed by atoms with E-state index in [2.05, 4.69) is 0 Å². The third kappa shape index (κ3) is 2.79. The zero-order valence-electron chi connectivity index (χ0n) is 9.93. The largest absolute Gasteiger partial charge is 0.479 e. The van der Waals surface area contributed by atoms with Crippen molar-refractivity contribution < 1.29 is 35.1 Å². The van der Waals surface area contributed by atoms with Crippen molar-refractivity contribution in [3.63, 3.8) is 0 Å². The van der Waals surface area contributed by atoms with Gasteiger partial charge in [-0.15, -0.1) is 0 Å². The Hall–Kier alpha value is -0.770. The van der Waals surface area contributed by atoms with Gasteiger partial charge in [0.1, 0.15) is 18.3 Å². The zero-order chi connectivity index (χ0) is 14.1. The SMILES string of the molecule is C[C@]1(C(=O)O)C[C@@H](O)[C@@H](N)C([C@H](O)C(O)CO)O1. The molecule has 0 bridgehead atoms. The molecule has 8 nitrogen and oxygen atoms in total. The number of aliphatic carboxylic acids is 1. The summed E-state index contributed by atoms with van der Waals surface area (Å²) in [5.74, 6) is -1.30. The minimum Gasteiger partial charge on any atom is -0.479 e. The van der Waals surface area contributed by atoms with Crippen molar-refractivity contribution in [2.45, 2.75) is 49.4 Å². The van der Waals surface area contributed by atoms with Crippen molar-refractivity contribution in [3.05, 3.63) is 0 Å². The zero-order valence-corrected chi connectivity index (χ0v) is 9.93. The fourth-order valence-corrected chi connectivity index (χ4v) is 1.94. The van der Waals surface area contributed by atoms with Gasteiger partial charge in [-0.05, 0) is 6.92 Å². The molecule has 1 saturated heterocycles. The van der Waals surface area contributed by atoms with E-state index in [1.54, 1.807) is 0 Å². The molecule has 0 amide bonds. The van der Waals surface area contributed by atoms with Crippen LogP contribution in [0, 0.1) is 0 Å². The molecule has 0 spiro atoms. The van der Waals surface area contributed by atoms with Gasteiger partial charge in [-0.2, -0.15) is 0 Å². The molecule has 0 aromatic rings. The molecular weight excluding hydrogens is 246 g/mol. The number of hydrogen-bond donors (Lipinski definition) is 6. The molecule has 1 heterocycles. The van der Waals surface area contributed by atoms with Gasteiger partial charge in [0, 0.05) is 6.42 Å². The number of ether oxygens (including phenoxy) is 1. The number of rotatable bonds is 4. The first-order valence-corrected chi connectivity index (χ1v) is 5.55. The number of hydrogen-bond acceptors (Lipinski definition) is 7. The molecule has 1 aliphatic heterocycles. The molecule has 0 aromatic carbocycles. The number of carboxylic acids is 1. The van der Waals surface area contributed by atoms with Crippen LogP contribution in [0.3, 0.4) is 0 Å². The average molecular weight is 265 g/mol. The topological polar surface area (TPSA) is 153 Å². The summed E-state index contributed by atoms with van der Waals surface area (Å²) in [5.41, 5.74) is 3.92. The minimum absolute atomic E-state index is 0.220. The van der Waals surface area contributed by atoms with Crippen LogP contribution in [0.1, 0.15) is 13.3 Å². The Balaban J connectivity index is 2.92. The van der Waals surface area contributed by atoms with Crippen LogP contribution < -0.4 is 5.73 Å². The summed E-state index contributed by atoms with van der Waals surface area (Å²) in [6.45, 7) is 0.517. The number of carbonyl (C=O) groups is 1. The van der Waals surface area contributed by atoms with E-state index in [4.69, 9.17) is 20.7 Å². The van der Waals surface area contributed by atoms with Crippen LogP contribution in [0.15, 0.2) is 0 Å². The monoisotopic (exact) mass is 265 g/mol. The first-order valence-electron chi connectivity index (χ1n) is 5.55. The molecule has 2 unspecified atom stereocenters. The Kier molecular flexibility index (Phi) is 4.65. The predicted molar refractivity (Wildman–Crippen MR) is 58.6 cm³/mol. The summed E-state index contributed by atoms with van der Waals surface area (Å²) < 4.78 is 5.20. The molecule has 6 atom stereocenters. The summed E-state index contributed by atoms with van der Waals surface area (Å²) >= 11 is 0. The normalized spacial score (nSPS) is 40.2. The maximum absolute atomic E-state index is 11.1. The van der Waals surface area contributed by atoms with E-state index in [1.807, 2.05) is 0 Å². The van der Waals surface area contributed by atoms with Gasteiger partial charge in [-0.3, -0.25) is 0 Å². The van der Waals surface area contributed by atoms with E-state index < -0.39 is 48.6 Å². The van der Waals surface area contributed by atoms with Crippen molar-refractivity contribution in [1.29, 1.82) is 0 Å². The number of aliphatic hydroxyl groups is 4. The number of nitrogens with two attached hydrogens (primary N) is 1. The Bertz CT molecular complexity index is 313. The van der Waals surface area contributed by atoms with Gasteiger partial charge in [0.15, 0.2) is 5.60 Å². The van der Waals surface area contributed by atoms with Gasteiger partial charge in [-0.25, -0.2) is 4.79 Å². The number of carboxylic acid groups (broad SMARTS) is 1. The highest BCUT2D eigenvalue weighted by Gasteiger charge is 2.50. The lowest BCUT2D eigenvalue weighted by atomic mass is 9.85. The van der Waals surface area contributed by atoms with Crippen LogP contribution in [0.5, 0.6) is 0 Å². The van der Waals surface area contributed by atoms with Crippen LogP contribution in [-0.4, -0.2) is 74.2 Å². The Morgan fingerprint density at radius 2 is 2.11 bits per heavy atom. The summed E-state index contributed by atoms with van der Waals surface area (Å²) in [6, 6.07) is -1.05. The van der Waals surface area contributed by atoms with E-state index in [1.165, 1.54) is 6.92 Å². The summed E-state index contributed by atoms with van der Waals surface area (Å²) in [4.78, 5) is 11.1. The van der Waals surface area contributed by atoms with Gasteiger partial charge >= 0.3 is 5.97 Å². The van der Waals surface area contributed by atoms with Crippen molar-refractivity contribution in [3.8, 4) is 0 Å². The second-order valence-corrected chi connectivity index (χ2v) is 4.71. The molecule has 8 heteroatoms. The third-order valence-electron chi connectivity index (χ3n) is 3.19. The lowest BCUT2D eigenvalue weighted by molar-refractivity contribution is -0.221. The van der Waals surface area contributed by atoms with E-state index in [0.717, 1.165) is 0 Å². The standard InChI is InChI=1S/C10H19NO7/c1-10(9(16)17)2-4(13)6(11)8(18-10)7(15)5(14)3-12/h4-8,12-15H,2-3,11H2,1H3,(H,16,17)/t4-,5?,6-,7-,8?,10-/m1/s1. The van der Waals surface area contributed by atoms with Crippen molar-refractivity contribution in [2.24, 2.45) is 5.73 Å². The fraction of sp³-hybridized carbons (Fsp3) is 0.900. The molecule has 0 saturated carbocycles. The highest BCUT2D eigenvalue weighted by atomic mass is 16.6. The first-order chi connectivity index (χ1) is 8.23. The van der Waals surface area contributed by atoms with Crippen LogP contribution in [0.2, 0.25) is 0 Å². The second kappa shape index (κ2) is 5.47. The summed E-state index contributed by atoms with van der Waals surface area (Å²) in [7, 11) is 0. The van der Waals surface area contributed by atoms with Crippen LogP contribution in [-0.2, 0) is 9.53 Å². The fourth-order valence-electron chi connectivity index (χ4n) is 1.94. The molecule has 18 heavy (non-hydrogen) atoms. The molecule has 0 aromatic heterocycles. The highest BCUT2D eigenvalue weighted by molar-refractivity contribution is 5.77. The van der Waals surface area contributed by atoms with Crippen molar-refractivity contribution in [2.75, 3.05) is 6.61 Å². The van der Waals surface area contributed by atoms with Crippen LogP contribution in [0.25, 0.3) is 0 Å². The Labute approximate surface area is 104 Å². The Morgan fingerprint density at radius 1 is 1.56 bits per heavy atom. The quantitative estimate of drug-likeness (QED) is 0.315. The smallest absolute Gasteiger partial charge is 0.335 e. The maximum atomic E-state index is 11.1. The maximum Gasteiger partial charge on any atom is 0.335 e. The molecule has 1 aliphatic rings. The van der Waals surface area contributed by atoms with E-state index in [9.17, 15) is 20.1 Å². The van der Waals surface area contributed by atoms with Gasteiger partial charge in [-0.1, -0.05) is 0 Å². The van der Waals surface area contributed by atoms with Gasteiger partial charge in [0.2, 0.25) is 0 Å².